The molecule has 6 nitrogen and oxygen atoms in total. The van der Waals surface area contributed by atoms with E-state index in [0.717, 1.165) is 122 Å². The third-order valence-electron chi connectivity index (χ3n) is 10.4. The summed E-state index contributed by atoms with van der Waals surface area (Å²) in [5.74, 6) is -1.00. The van der Waals surface area contributed by atoms with Crippen LogP contribution in [0.1, 0.15) is 213 Å². The number of carbonyl (C=O) groups is 3. The molecule has 0 heterocycles. The minimum Gasteiger partial charge on any atom is -0.462 e. The third kappa shape index (κ3) is 50.7. The lowest BCUT2D eigenvalue weighted by Crippen LogP contribution is -2.30. The van der Waals surface area contributed by atoms with E-state index in [1.807, 2.05) is 0 Å². The maximum atomic E-state index is 12.8. The molecule has 0 amide bonds. The van der Waals surface area contributed by atoms with Gasteiger partial charge < -0.3 is 14.2 Å². The minimum absolute atomic E-state index is 0.113. The van der Waals surface area contributed by atoms with E-state index in [2.05, 4.69) is 142 Å². The molecule has 0 saturated carbocycles. The summed E-state index contributed by atoms with van der Waals surface area (Å²) in [5, 5.41) is 0. The molecule has 0 rings (SSSR count). The standard InChI is InChI=1S/C59H94O6/c1-4-7-10-13-16-19-22-25-27-28-29-30-32-35-38-41-44-47-50-53-59(62)65-56(54-63-57(60)51-48-45-42-39-36-33-24-21-18-15-12-9-6-3)55-64-58(61)52-49-46-43-40-37-34-31-26-23-20-17-14-11-8-5-2/h7-8,10-11,16-17,19-21,24-27,29-31,35,37-38,40,56H,4-6,9,12-15,18,22-23,28,32-34,36,39,41-55H2,1-3H3/b10-7-,11-8-,19-16-,20-17-,24-21-,27-25-,30-29-,31-26-,38-35-,40-37-/t56-/m0/s1. The van der Waals surface area contributed by atoms with Gasteiger partial charge in [-0.3, -0.25) is 14.4 Å². The van der Waals surface area contributed by atoms with Gasteiger partial charge >= 0.3 is 17.9 Å². The van der Waals surface area contributed by atoms with Crippen LogP contribution in [0.5, 0.6) is 0 Å². The van der Waals surface area contributed by atoms with Crippen molar-refractivity contribution in [3.8, 4) is 0 Å². The van der Waals surface area contributed by atoms with Crippen LogP contribution in [0, 0.1) is 0 Å². The first kappa shape index (κ1) is 60.8. The first-order valence-electron chi connectivity index (χ1n) is 26.0. The Morgan fingerprint density at radius 3 is 1.00 bits per heavy atom. The Bertz CT molecular complexity index is 1400. The Morgan fingerprint density at radius 1 is 0.323 bits per heavy atom. The van der Waals surface area contributed by atoms with Crippen molar-refractivity contribution in [2.75, 3.05) is 13.2 Å². The van der Waals surface area contributed by atoms with Gasteiger partial charge in [0.05, 0.1) is 0 Å². The quantitative estimate of drug-likeness (QED) is 0.0262. The summed E-state index contributed by atoms with van der Waals surface area (Å²) in [6.45, 7) is 6.30. The number of rotatable bonds is 45. The van der Waals surface area contributed by atoms with Crippen LogP contribution < -0.4 is 0 Å². The van der Waals surface area contributed by atoms with Crippen molar-refractivity contribution in [3.05, 3.63) is 122 Å². The molecule has 0 aromatic heterocycles. The summed E-state index contributed by atoms with van der Waals surface area (Å²) in [7, 11) is 0. The highest BCUT2D eigenvalue weighted by Gasteiger charge is 2.19. The summed E-state index contributed by atoms with van der Waals surface area (Å²) >= 11 is 0. The molecule has 0 aliphatic carbocycles. The molecule has 0 aromatic rings. The normalized spacial score (nSPS) is 13.1. The van der Waals surface area contributed by atoms with Crippen molar-refractivity contribution in [1.29, 1.82) is 0 Å². The molecule has 0 radical (unpaired) electrons. The van der Waals surface area contributed by atoms with Crippen molar-refractivity contribution in [2.24, 2.45) is 0 Å². The van der Waals surface area contributed by atoms with Crippen LogP contribution >= 0.6 is 0 Å². The molecule has 1 atom stereocenters. The Kier molecular flexibility index (Phi) is 49.1. The lowest BCUT2D eigenvalue weighted by Gasteiger charge is -2.18. The van der Waals surface area contributed by atoms with Gasteiger partial charge in [-0.2, -0.15) is 0 Å². The van der Waals surface area contributed by atoms with Crippen LogP contribution in [-0.2, 0) is 28.6 Å². The second-order valence-corrected chi connectivity index (χ2v) is 16.7. The molecule has 0 spiro atoms. The van der Waals surface area contributed by atoms with E-state index in [4.69, 9.17) is 14.2 Å². The van der Waals surface area contributed by atoms with Gasteiger partial charge in [-0.15, -0.1) is 0 Å². The zero-order chi connectivity index (χ0) is 47.2. The fourth-order valence-corrected chi connectivity index (χ4v) is 6.57. The van der Waals surface area contributed by atoms with Crippen molar-refractivity contribution in [2.45, 2.75) is 219 Å². The zero-order valence-corrected chi connectivity index (χ0v) is 41.7. The predicted molar refractivity (Wildman–Crippen MR) is 279 cm³/mol. The number of allylic oxidation sites excluding steroid dienone is 20. The van der Waals surface area contributed by atoms with Crippen LogP contribution in [0.2, 0.25) is 0 Å². The van der Waals surface area contributed by atoms with E-state index >= 15 is 0 Å². The van der Waals surface area contributed by atoms with Gasteiger partial charge in [0.25, 0.3) is 0 Å². The molecule has 0 aliphatic heterocycles. The molecule has 0 saturated heterocycles. The van der Waals surface area contributed by atoms with E-state index in [1.54, 1.807) is 0 Å². The average Bonchev–Trinajstić information content (AvgIpc) is 3.30. The maximum absolute atomic E-state index is 12.8. The molecular weight excluding hydrogens is 805 g/mol. The number of esters is 3. The maximum Gasteiger partial charge on any atom is 0.306 e. The number of carbonyl (C=O) groups excluding carboxylic acids is 3. The van der Waals surface area contributed by atoms with Gasteiger partial charge in [-0.25, -0.2) is 0 Å². The van der Waals surface area contributed by atoms with E-state index in [-0.39, 0.29) is 37.5 Å². The second kappa shape index (κ2) is 52.4. The number of unbranched alkanes of at least 4 members (excludes halogenated alkanes) is 14. The van der Waals surface area contributed by atoms with E-state index in [0.29, 0.717) is 25.7 Å². The number of hydrogen-bond acceptors (Lipinski definition) is 6. The smallest absolute Gasteiger partial charge is 0.306 e. The van der Waals surface area contributed by atoms with Crippen LogP contribution in [0.25, 0.3) is 0 Å². The van der Waals surface area contributed by atoms with Gasteiger partial charge in [0.1, 0.15) is 13.2 Å². The first-order valence-corrected chi connectivity index (χ1v) is 26.0. The highest BCUT2D eigenvalue weighted by atomic mass is 16.6. The summed E-state index contributed by atoms with van der Waals surface area (Å²) in [6, 6.07) is 0. The molecule has 6 heteroatoms. The summed E-state index contributed by atoms with van der Waals surface area (Å²) in [4.78, 5) is 38.0. The third-order valence-corrected chi connectivity index (χ3v) is 10.4. The Labute approximate surface area is 399 Å². The van der Waals surface area contributed by atoms with Gasteiger partial charge in [-0.1, -0.05) is 187 Å². The van der Waals surface area contributed by atoms with Crippen molar-refractivity contribution in [1.82, 2.24) is 0 Å². The van der Waals surface area contributed by atoms with Gasteiger partial charge in [0.2, 0.25) is 0 Å². The lowest BCUT2D eigenvalue weighted by molar-refractivity contribution is -0.167. The molecule has 0 unspecified atom stereocenters. The molecule has 0 aliphatic rings. The zero-order valence-electron chi connectivity index (χ0n) is 41.7. The monoisotopic (exact) mass is 899 g/mol. The minimum atomic E-state index is -0.819. The average molecular weight is 899 g/mol. The Hall–Kier alpha value is -4.19. The van der Waals surface area contributed by atoms with Crippen molar-refractivity contribution in [3.63, 3.8) is 0 Å². The van der Waals surface area contributed by atoms with Crippen molar-refractivity contribution < 1.29 is 28.6 Å². The summed E-state index contributed by atoms with van der Waals surface area (Å²) in [5.41, 5.74) is 0. The summed E-state index contributed by atoms with van der Waals surface area (Å²) in [6.07, 6.45) is 71.8. The predicted octanol–water partition coefficient (Wildman–Crippen LogP) is 17.3. The van der Waals surface area contributed by atoms with E-state index in [1.165, 1.54) is 38.5 Å². The Morgan fingerprint density at radius 2 is 0.600 bits per heavy atom. The SMILES string of the molecule is CC/C=C\C/C=C\C/C=C\C/C=C\C/C=C\CCCCCC(=O)O[C@H](COC(=O)CCCC/C=C\C/C=C\C/C=C\C/C=C\CC)COC(=O)CCCCCCC/C=C\CCCCCC. The molecular formula is C59H94O6. The molecule has 0 aromatic carbocycles. The van der Waals surface area contributed by atoms with Gasteiger partial charge in [-0.05, 0) is 128 Å². The molecule has 0 bridgehead atoms. The van der Waals surface area contributed by atoms with Crippen LogP contribution in [-0.4, -0.2) is 37.2 Å². The van der Waals surface area contributed by atoms with Gasteiger partial charge in [0, 0.05) is 19.3 Å². The van der Waals surface area contributed by atoms with Gasteiger partial charge in [0.15, 0.2) is 6.10 Å². The Balaban J connectivity index is 4.55. The largest absolute Gasteiger partial charge is 0.462 e. The molecule has 65 heavy (non-hydrogen) atoms. The topological polar surface area (TPSA) is 78.9 Å². The lowest BCUT2D eigenvalue weighted by atomic mass is 10.1. The van der Waals surface area contributed by atoms with E-state index in [9.17, 15) is 14.4 Å². The van der Waals surface area contributed by atoms with Crippen LogP contribution in [0.15, 0.2) is 122 Å². The van der Waals surface area contributed by atoms with Crippen molar-refractivity contribution >= 4 is 17.9 Å². The highest BCUT2D eigenvalue weighted by molar-refractivity contribution is 5.71. The summed E-state index contributed by atoms with van der Waals surface area (Å²) < 4.78 is 16.7. The molecule has 0 N–H and O–H groups in total. The fourth-order valence-electron chi connectivity index (χ4n) is 6.57. The second-order valence-electron chi connectivity index (χ2n) is 16.7. The fraction of sp³-hybridized carbons (Fsp3) is 0.610. The highest BCUT2D eigenvalue weighted by Crippen LogP contribution is 2.12. The molecule has 366 valence electrons. The van der Waals surface area contributed by atoms with Crippen LogP contribution in [0.3, 0.4) is 0 Å². The number of hydrogen-bond donors (Lipinski definition) is 0. The molecule has 0 fully saturated rings. The van der Waals surface area contributed by atoms with E-state index < -0.39 is 6.10 Å². The first-order chi connectivity index (χ1) is 32.0. The number of ether oxygens (including phenoxy) is 3. The van der Waals surface area contributed by atoms with Crippen LogP contribution in [0.4, 0.5) is 0 Å².